The van der Waals surface area contributed by atoms with Crippen LogP contribution in [0.3, 0.4) is 0 Å². The van der Waals surface area contributed by atoms with Crippen molar-refractivity contribution in [2.45, 2.75) is 56.7 Å². The Morgan fingerprint density at radius 3 is 2.74 bits per heavy atom. The summed E-state index contributed by atoms with van der Waals surface area (Å²) in [4.78, 5) is 7.13. The molecule has 23 heavy (non-hydrogen) atoms. The zero-order valence-electron chi connectivity index (χ0n) is 13.4. The van der Waals surface area contributed by atoms with E-state index in [9.17, 15) is 0 Å². The van der Waals surface area contributed by atoms with Gasteiger partial charge in [-0.15, -0.1) is 0 Å². The van der Waals surface area contributed by atoms with Crippen LogP contribution in [0.5, 0.6) is 0 Å². The van der Waals surface area contributed by atoms with Gasteiger partial charge in [0, 0.05) is 6.54 Å². The van der Waals surface area contributed by atoms with E-state index in [1.807, 2.05) is 0 Å². The quantitative estimate of drug-likeness (QED) is 0.939. The smallest absolute Gasteiger partial charge is 0.244 e. The van der Waals surface area contributed by atoms with Crippen molar-refractivity contribution in [2.75, 3.05) is 6.54 Å². The van der Waals surface area contributed by atoms with Crippen LogP contribution in [0, 0.1) is 0 Å². The summed E-state index contributed by atoms with van der Waals surface area (Å²) >= 11 is 0. The highest BCUT2D eigenvalue weighted by atomic mass is 16.5. The number of rotatable bonds is 4. The predicted molar refractivity (Wildman–Crippen MR) is 87.5 cm³/mol. The van der Waals surface area contributed by atoms with Crippen LogP contribution >= 0.6 is 0 Å². The largest absolute Gasteiger partial charge is 0.338 e. The Balaban J connectivity index is 1.51. The Labute approximate surface area is 136 Å². The standard InChI is InChI=1S/C18H24N4O/c19-18(10-4-5-11-18)17-20-16(23-21-17)15-9-6-12-22(15)13-14-7-2-1-3-8-14/h1-3,7-8,15H,4-6,9-13,19H2. The van der Waals surface area contributed by atoms with E-state index >= 15 is 0 Å². The highest BCUT2D eigenvalue weighted by molar-refractivity contribution is 5.15. The van der Waals surface area contributed by atoms with Crippen LogP contribution < -0.4 is 5.73 Å². The van der Waals surface area contributed by atoms with Gasteiger partial charge in [-0.3, -0.25) is 4.90 Å². The highest BCUT2D eigenvalue weighted by Crippen LogP contribution is 2.37. The molecule has 1 aliphatic carbocycles. The zero-order valence-corrected chi connectivity index (χ0v) is 13.4. The summed E-state index contributed by atoms with van der Waals surface area (Å²) in [6.07, 6.45) is 6.48. The van der Waals surface area contributed by atoms with Gasteiger partial charge in [-0.2, -0.15) is 4.98 Å². The Hall–Kier alpha value is -1.72. The van der Waals surface area contributed by atoms with Crippen molar-refractivity contribution in [2.24, 2.45) is 5.73 Å². The molecule has 2 heterocycles. The fourth-order valence-electron chi connectivity index (χ4n) is 3.92. The summed E-state index contributed by atoms with van der Waals surface area (Å²) in [6.45, 7) is 2.00. The molecule has 5 nitrogen and oxygen atoms in total. The van der Waals surface area contributed by atoms with Crippen LogP contribution in [-0.4, -0.2) is 21.6 Å². The lowest BCUT2D eigenvalue weighted by Crippen LogP contribution is -2.34. The first-order valence-corrected chi connectivity index (χ1v) is 8.66. The fourth-order valence-corrected chi connectivity index (χ4v) is 3.92. The molecule has 0 spiro atoms. The maximum Gasteiger partial charge on any atom is 0.244 e. The molecule has 1 saturated carbocycles. The van der Waals surface area contributed by atoms with E-state index in [0.29, 0.717) is 5.82 Å². The molecule has 2 N–H and O–H groups in total. The van der Waals surface area contributed by atoms with Crippen molar-refractivity contribution in [1.82, 2.24) is 15.0 Å². The monoisotopic (exact) mass is 312 g/mol. The average Bonchev–Trinajstić information content (AvgIpc) is 3.28. The SMILES string of the molecule is NC1(c2noc(C3CCCN3Cc3ccccc3)n2)CCCC1. The third kappa shape index (κ3) is 2.91. The third-order valence-corrected chi connectivity index (χ3v) is 5.26. The molecular weight excluding hydrogens is 288 g/mol. The minimum absolute atomic E-state index is 0.224. The highest BCUT2D eigenvalue weighted by Gasteiger charge is 2.38. The number of benzene rings is 1. The molecule has 122 valence electrons. The lowest BCUT2D eigenvalue weighted by Gasteiger charge is -2.21. The van der Waals surface area contributed by atoms with Crippen LogP contribution in [0.15, 0.2) is 34.9 Å². The second-order valence-electron chi connectivity index (χ2n) is 6.93. The molecule has 4 rings (SSSR count). The first-order valence-electron chi connectivity index (χ1n) is 8.66. The van der Waals surface area contributed by atoms with Crippen molar-refractivity contribution in [1.29, 1.82) is 0 Å². The van der Waals surface area contributed by atoms with Gasteiger partial charge in [-0.05, 0) is 37.8 Å². The maximum atomic E-state index is 6.45. The second-order valence-corrected chi connectivity index (χ2v) is 6.93. The second kappa shape index (κ2) is 6.06. The van der Waals surface area contributed by atoms with Gasteiger partial charge in [0.05, 0.1) is 11.6 Å². The summed E-state index contributed by atoms with van der Waals surface area (Å²) in [7, 11) is 0. The van der Waals surface area contributed by atoms with Gasteiger partial charge in [0.25, 0.3) is 0 Å². The Bertz CT molecular complexity index is 648. The Morgan fingerprint density at radius 1 is 1.17 bits per heavy atom. The molecule has 1 atom stereocenters. The maximum absolute atomic E-state index is 6.45. The van der Waals surface area contributed by atoms with E-state index in [1.165, 1.54) is 12.0 Å². The van der Waals surface area contributed by atoms with E-state index in [2.05, 4.69) is 40.4 Å². The van der Waals surface area contributed by atoms with Crippen LogP contribution in [0.25, 0.3) is 0 Å². The molecule has 0 radical (unpaired) electrons. The number of nitrogens with two attached hydrogens (primary N) is 1. The lowest BCUT2D eigenvalue weighted by atomic mass is 9.98. The minimum Gasteiger partial charge on any atom is -0.338 e. The molecule has 0 amide bonds. The zero-order chi connectivity index (χ0) is 15.7. The van der Waals surface area contributed by atoms with Gasteiger partial charge in [0.15, 0.2) is 5.82 Å². The molecule has 1 aromatic heterocycles. The normalized spacial score (nSPS) is 24.3. The lowest BCUT2D eigenvalue weighted by molar-refractivity contribution is 0.200. The van der Waals surface area contributed by atoms with Crippen LogP contribution in [0.1, 0.15) is 61.8 Å². The minimum atomic E-state index is -0.370. The van der Waals surface area contributed by atoms with Gasteiger partial charge in [0.2, 0.25) is 5.89 Å². The van der Waals surface area contributed by atoms with Crippen LogP contribution in [0.2, 0.25) is 0 Å². The van der Waals surface area contributed by atoms with Gasteiger partial charge in [-0.25, -0.2) is 0 Å². The molecule has 5 heteroatoms. The number of aromatic nitrogens is 2. The summed E-state index contributed by atoms with van der Waals surface area (Å²) in [5.74, 6) is 1.45. The molecule has 2 aromatic rings. The predicted octanol–water partition coefficient (Wildman–Crippen LogP) is 3.13. The summed E-state index contributed by atoms with van der Waals surface area (Å²) in [6, 6.07) is 10.8. The fraction of sp³-hybridized carbons (Fsp3) is 0.556. The van der Waals surface area contributed by atoms with E-state index in [1.54, 1.807) is 0 Å². The van der Waals surface area contributed by atoms with Gasteiger partial charge >= 0.3 is 0 Å². The average molecular weight is 312 g/mol. The van der Waals surface area contributed by atoms with Gasteiger partial charge < -0.3 is 10.3 Å². The van der Waals surface area contributed by atoms with E-state index < -0.39 is 0 Å². The number of hydrogen-bond donors (Lipinski definition) is 1. The topological polar surface area (TPSA) is 68.2 Å². The molecule has 1 unspecified atom stereocenters. The van der Waals surface area contributed by atoms with Crippen molar-refractivity contribution in [3.05, 3.63) is 47.6 Å². The van der Waals surface area contributed by atoms with E-state index in [0.717, 1.165) is 51.1 Å². The summed E-state index contributed by atoms with van der Waals surface area (Å²) in [5.41, 5.74) is 7.41. The molecule has 1 saturated heterocycles. The van der Waals surface area contributed by atoms with Crippen molar-refractivity contribution >= 4 is 0 Å². The third-order valence-electron chi connectivity index (χ3n) is 5.26. The van der Waals surface area contributed by atoms with Crippen LogP contribution in [0.4, 0.5) is 0 Å². The van der Waals surface area contributed by atoms with Gasteiger partial charge in [0.1, 0.15) is 0 Å². The van der Waals surface area contributed by atoms with Crippen LogP contribution in [-0.2, 0) is 12.1 Å². The summed E-state index contributed by atoms with van der Waals surface area (Å²) in [5, 5.41) is 4.22. The van der Waals surface area contributed by atoms with E-state index in [4.69, 9.17) is 15.2 Å². The van der Waals surface area contributed by atoms with Gasteiger partial charge in [-0.1, -0.05) is 48.3 Å². The number of nitrogens with zero attached hydrogens (tertiary/aromatic N) is 3. The molecule has 1 aromatic carbocycles. The first-order chi connectivity index (χ1) is 11.2. The molecular formula is C18H24N4O. The molecule has 0 bridgehead atoms. The number of likely N-dealkylation sites (tertiary alicyclic amines) is 1. The number of hydrogen-bond acceptors (Lipinski definition) is 5. The van der Waals surface area contributed by atoms with Crippen molar-refractivity contribution in [3.8, 4) is 0 Å². The molecule has 1 aliphatic heterocycles. The first kappa shape index (κ1) is 14.8. The Morgan fingerprint density at radius 2 is 1.96 bits per heavy atom. The molecule has 2 aliphatic rings. The van der Waals surface area contributed by atoms with E-state index in [-0.39, 0.29) is 11.6 Å². The summed E-state index contributed by atoms with van der Waals surface area (Å²) < 4.78 is 5.61. The molecule has 2 fully saturated rings. The Kier molecular flexibility index (Phi) is 3.91. The van der Waals surface area contributed by atoms with Crippen molar-refractivity contribution in [3.63, 3.8) is 0 Å². The van der Waals surface area contributed by atoms with Crippen molar-refractivity contribution < 1.29 is 4.52 Å².